The van der Waals surface area contributed by atoms with E-state index in [4.69, 9.17) is 0 Å². The minimum Gasteiger partial charge on any atom is -0.314 e. The van der Waals surface area contributed by atoms with Crippen molar-refractivity contribution in [2.45, 2.75) is 32.7 Å². The Labute approximate surface area is 102 Å². The summed E-state index contributed by atoms with van der Waals surface area (Å²) in [5.41, 5.74) is 1.46. The van der Waals surface area contributed by atoms with Crippen LogP contribution in [0.1, 0.15) is 25.8 Å². The van der Waals surface area contributed by atoms with Gasteiger partial charge in [-0.2, -0.15) is 23.1 Å². The molecule has 86 valence electrons. The molecule has 1 aromatic heterocycles. The summed E-state index contributed by atoms with van der Waals surface area (Å²) in [5, 5.41) is 7.96. The van der Waals surface area contributed by atoms with E-state index in [0.29, 0.717) is 6.04 Å². The topological polar surface area (TPSA) is 12.0 Å². The molecule has 1 N–H and O–H groups in total. The van der Waals surface area contributed by atoms with Crippen molar-refractivity contribution in [3.8, 4) is 0 Å². The first-order valence-electron chi connectivity index (χ1n) is 5.65. The van der Waals surface area contributed by atoms with Crippen LogP contribution in [0.5, 0.6) is 0 Å². The van der Waals surface area contributed by atoms with Crippen molar-refractivity contribution in [2.75, 3.05) is 18.1 Å². The Morgan fingerprint density at radius 3 is 3.07 bits per heavy atom. The summed E-state index contributed by atoms with van der Waals surface area (Å²) in [6.45, 7) is 5.61. The van der Waals surface area contributed by atoms with Gasteiger partial charge in [-0.1, -0.05) is 6.92 Å². The Bertz CT molecular complexity index is 234. The molecule has 3 heteroatoms. The maximum Gasteiger partial charge on any atom is 0.00467 e. The van der Waals surface area contributed by atoms with Crippen molar-refractivity contribution < 1.29 is 0 Å². The van der Waals surface area contributed by atoms with E-state index in [-0.39, 0.29) is 0 Å². The fourth-order valence-corrected chi connectivity index (χ4v) is 2.92. The highest BCUT2D eigenvalue weighted by molar-refractivity contribution is 7.99. The van der Waals surface area contributed by atoms with Crippen molar-refractivity contribution >= 4 is 23.1 Å². The smallest absolute Gasteiger partial charge is 0.00467 e. The van der Waals surface area contributed by atoms with Crippen LogP contribution in [0.4, 0.5) is 0 Å². The molecule has 1 unspecified atom stereocenters. The monoisotopic (exact) mass is 243 g/mol. The van der Waals surface area contributed by atoms with E-state index in [9.17, 15) is 0 Å². The van der Waals surface area contributed by atoms with E-state index in [2.05, 4.69) is 36.0 Å². The van der Waals surface area contributed by atoms with E-state index in [0.717, 1.165) is 13.0 Å². The third-order valence-corrected chi connectivity index (χ3v) is 4.05. The van der Waals surface area contributed by atoms with E-state index in [1.807, 2.05) is 11.8 Å². The zero-order valence-corrected chi connectivity index (χ0v) is 11.3. The van der Waals surface area contributed by atoms with Gasteiger partial charge in [0.25, 0.3) is 0 Å². The molecule has 1 heterocycles. The molecule has 15 heavy (non-hydrogen) atoms. The van der Waals surface area contributed by atoms with Crippen molar-refractivity contribution in [3.63, 3.8) is 0 Å². The minimum atomic E-state index is 0.655. The molecule has 0 fully saturated rings. The fraction of sp³-hybridized carbons (Fsp3) is 0.667. The van der Waals surface area contributed by atoms with E-state index < -0.39 is 0 Å². The first-order chi connectivity index (χ1) is 7.33. The van der Waals surface area contributed by atoms with E-state index in [1.165, 1.54) is 23.5 Å². The third-order valence-electron chi connectivity index (χ3n) is 2.39. The van der Waals surface area contributed by atoms with Gasteiger partial charge >= 0.3 is 0 Å². The van der Waals surface area contributed by atoms with Crippen molar-refractivity contribution in [1.82, 2.24) is 5.32 Å². The van der Waals surface area contributed by atoms with Gasteiger partial charge in [0.15, 0.2) is 0 Å². The van der Waals surface area contributed by atoms with Crippen molar-refractivity contribution in [3.05, 3.63) is 22.4 Å². The molecule has 0 saturated heterocycles. The molecule has 0 bridgehead atoms. The van der Waals surface area contributed by atoms with Crippen LogP contribution in [-0.2, 0) is 6.42 Å². The summed E-state index contributed by atoms with van der Waals surface area (Å²) < 4.78 is 0. The van der Waals surface area contributed by atoms with Gasteiger partial charge in [-0.15, -0.1) is 0 Å². The Morgan fingerprint density at radius 1 is 1.53 bits per heavy atom. The molecule has 0 saturated carbocycles. The van der Waals surface area contributed by atoms with Gasteiger partial charge in [-0.25, -0.2) is 0 Å². The number of nitrogens with one attached hydrogen (secondary N) is 1. The normalized spacial score (nSPS) is 12.9. The first-order valence-corrected chi connectivity index (χ1v) is 7.75. The average molecular weight is 243 g/mol. The SMILES string of the molecule is CCSCCC(C)NCCc1ccsc1. The minimum absolute atomic E-state index is 0.655. The number of thioether (sulfide) groups is 1. The second kappa shape index (κ2) is 8.20. The van der Waals surface area contributed by atoms with Gasteiger partial charge in [0.05, 0.1) is 0 Å². The lowest BCUT2D eigenvalue weighted by Gasteiger charge is -2.12. The second-order valence-electron chi connectivity index (χ2n) is 3.72. The number of thiophene rings is 1. The van der Waals surface area contributed by atoms with Crippen LogP contribution in [0.25, 0.3) is 0 Å². The van der Waals surface area contributed by atoms with Crippen molar-refractivity contribution in [2.24, 2.45) is 0 Å². The number of hydrogen-bond donors (Lipinski definition) is 1. The van der Waals surface area contributed by atoms with Crippen LogP contribution in [-0.4, -0.2) is 24.1 Å². The lowest BCUT2D eigenvalue weighted by molar-refractivity contribution is 0.541. The van der Waals surface area contributed by atoms with Gasteiger partial charge < -0.3 is 5.32 Å². The number of rotatable bonds is 8. The van der Waals surface area contributed by atoms with Gasteiger partial charge in [0, 0.05) is 6.04 Å². The summed E-state index contributed by atoms with van der Waals surface area (Å²) in [6, 6.07) is 2.87. The largest absolute Gasteiger partial charge is 0.314 e. The summed E-state index contributed by atoms with van der Waals surface area (Å²) in [7, 11) is 0. The Hall–Kier alpha value is 0.01000. The van der Waals surface area contributed by atoms with Gasteiger partial charge in [-0.3, -0.25) is 0 Å². The van der Waals surface area contributed by atoms with Crippen LogP contribution in [0.2, 0.25) is 0 Å². The standard InChI is InChI=1S/C12H21NS2/c1-3-14-8-5-11(2)13-7-4-12-6-9-15-10-12/h6,9-11,13H,3-5,7-8H2,1-2H3. The van der Waals surface area contributed by atoms with Crippen LogP contribution in [0.15, 0.2) is 16.8 Å². The molecule has 0 aliphatic carbocycles. The van der Waals surface area contributed by atoms with Crippen LogP contribution < -0.4 is 5.32 Å². The molecule has 0 aliphatic rings. The van der Waals surface area contributed by atoms with Crippen LogP contribution in [0.3, 0.4) is 0 Å². The zero-order chi connectivity index (χ0) is 10.9. The van der Waals surface area contributed by atoms with E-state index in [1.54, 1.807) is 11.3 Å². The summed E-state index contributed by atoms with van der Waals surface area (Å²) >= 11 is 3.81. The molecule has 0 spiro atoms. The Morgan fingerprint density at radius 2 is 2.40 bits per heavy atom. The molecule has 0 amide bonds. The third kappa shape index (κ3) is 6.23. The molecular weight excluding hydrogens is 222 g/mol. The van der Waals surface area contributed by atoms with Gasteiger partial charge in [0.1, 0.15) is 0 Å². The lowest BCUT2D eigenvalue weighted by Crippen LogP contribution is -2.28. The lowest BCUT2D eigenvalue weighted by atomic mass is 10.2. The molecule has 0 aromatic carbocycles. The van der Waals surface area contributed by atoms with Gasteiger partial charge in [-0.05, 0) is 60.2 Å². The van der Waals surface area contributed by atoms with Crippen molar-refractivity contribution in [1.29, 1.82) is 0 Å². The quantitative estimate of drug-likeness (QED) is 0.702. The predicted molar refractivity (Wildman–Crippen MR) is 73.1 cm³/mol. The molecule has 0 radical (unpaired) electrons. The maximum absolute atomic E-state index is 3.57. The Kier molecular flexibility index (Phi) is 7.14. The number of hydrogen-bond acceptors (Lipinski definition) is 3. The Balaban J connectivity index is 1.99. The first kappa shape index (κ1) is 13.1. The summed E-state index contributed by atoms with van der Waals surface area (Å²) in [6.07, 6.45) is 2.44. The fourth-order valence-electron chi connectivity index (χ4n) is 1.40. The molecule has 0 aliphatic heterocycles. The molecule has 1 nitrogen and oxygen atoms in total. The summed E-state index contributed by atoms with van der Waals surface area (Å²) in [4.78, 5) is 0. The predicted octanol–water partition coefficient (Wildman–Crippen LogP) is 3.41. The summed E-state index contributed by atoms with van der Waals surface area (Å²) in [5.74, 6) is 2.52. The van der Waals surface area contributed by atoms with Gasteiger partial charge in [0.2, 0.25) is 0 Å². The average Bonchev–Trinajstić information content (AvgIpc) is 2.71. The molecule has 1 rings (SSSR count). The highest BCUT2D eigenvalue weighted by Gasteiger charge is 2.00. The zero-order valence-electron chi connectivity index (χ0n) is 9.66. The maximum atomic E-state index is 3.57. The highest BCUT2D eigenvalue weighted by atomic mass is 32.2. The van der Waals surface area contributed by atoms with E-state index >= 15 is 0 Å². The second-order valence-corrected chi connectivity index (χ2v) is 5.90. The highest BCUT2D eigenvalue weighted by Crippen LogP contribution is 2.07. The van der Waals surface area contributed by atoms with Crippen LogP contribution in [0, 0.1) is 0 Å². The molecular formula is C12H21NS2. The van der Waals surface area contributed by atoms with Crippen LogP contribution >= 0.6 is 23.1 Å². The molecule has 1 aromatic rings. The molecule has 1 atom stereocenters.